The topological polar surface area (TPSA) is 91.7 Å². The first-order chi connectivity index (χ1) is 19.3. The fraction of sp³-hybridized carbons (Fsp3) is 0.100. The molecule has 3 aromatic carbocycles. The Morgan fingerprint density at radius 1 is 0.897 bits per heavy atom. The van der Waals surface area contributed by atoms with Gasteiger partial charge in [0, 0.05) is 0 Å². The third-order valence-corrected chi connectivity index (χ3v) is 6.67. The van der Waals surface area contributed by atoms with Gasteiger partial charge in [0.2, 0.25) is 11.8 Å². The van der Waals surface area contributed by atoms with Crippen molar-refractivity contribution in [2.75, 3.05) is 0 Å². The molecule has 9 nitrogen and oxygen atoms in total. The van der Waals surface area contributed by atoms with E-state index in [0.717, 1.165) is 33.6 Å². The molecule has 39 heavy (non-hydrogen) atoms. The molecule has 0 amide bonds. The molecular formula is C30H23N7O2. The molecule has 0 fully saturated rings. The monoisotopic (exact) mass is 513 g/mol. The Morgan fingerprint density at radius 2 is 1.62 bits per heavy atom. The Bertz CT molecular complexity index is 1800. The van der Waals surface area contributed by atoms with E-state index in [-0.39, 0.29) is 12.5 Å². The van der Waals surface area contributed by atoms with Crippen LogP contribution in [0.5, 0.6) is 11.8 Å². The first-order valence-electron chi connectivity index (χ1n) is 12.6. The predicted octanol–water partition coefficient (Wildman–Crippen LogP) is 5.46. The van der Waals surface area contributed by atoms with E-state index in [4.69, 9.17) is 19.7 Å². The first kappa shape index (κ1) is 22.9. The van der Waals surface area contributed by atoms with Crippen LogP contribution in [0.2, 0.25) is 0 Å². The van der Waals surface area contributed by atoms with Crippen LogP contribution in [-0.4, -0.2) is 35.6 Å². The number of hydrogen-bond donors (Lipinski definition) is 0. The summed E-state index contributed by atoms with van der Waals surface area (Å²) in [5.41, 5.74) is 6.27. The standard InChI is InChI=1S/C30H23N7O2/c1-20-25-26(22-13-7-3-8-14-22)27-28-33-24(18-38-32-17-21-11-5-2-6-12-21)35-36(28)19-31-29(27)39-30(25)37(34-20)23-15-9-4-10-16-23/h2-17,19,26H,18H2,1H3/b32-17-/t26-/m1/s1. The predicted molar refractivity (Wildman–Crippen MR) is 145 cm³/mol. The smallest absolute Gasteiger partial charge is 0.230 e. The summed E-state index contributed by atoms with van der Waals surface area (Å²) in [5.74, 6) is 1.41. The van der Waals surface area contributed by atoms with Crippen LogP contribution in [0.15, 0.2) is 102 Å². The van der Waals surface area contributed by atoms with Crippen molar-refractivity contribution in [1.82, 2.24) is 29.4 Å². The van der Waals surface area contributed by atoms with Crippen LogP contribution in [0.25, 0.3) is 11.3 Å². The van der Waals surface area contributed by atoms with E-state index in [1.54, 1.807) is 17.1 Å². The third kappa shape index (κ3) is 4.10. The highest BCUT2D eigenvalue weighted by Gasteiger charge is 2.38. The highest BCUT2D eigenvalue weighted by Crippen LogP contribution is 2.49. The van der Waals surface area contributed by atoms with E-state index >= 15 is 0 Å². The van der Waals surface area contributed by atoms with Crippen LogP contribution in [0.4, 0.5) is 0 Å². The van der Waals surface area contributed by atoms with E-state index in [0.29, 0.717) is 23.2 Å². The second-order valence-electron chi connectivity index (χ2n) is 9.18. The van der Waals surface area contributed by atoms with E-state index < -0.39 is 0 Å². The number of benzene rings is 3. The van der Waals surface area contributed by atoms with Crippen LogP contribution >= 0.6 is 0 Å². The van der Waals surface area contributed by atoms with Gasteiger partial charge in [-0.15, -0.1) is 5.10 Å². The third-order valence-electron chi connectivity index (χ3n) is 6.67. The number of ether oxygens (including phenoxy) is 1. The van der Waals surface area contributed by atoms with Gasteiger partial charge in [0.05, 0.1) is 34.6 Å². The number of fused-ring (bicyclic) bond motifs is 4. The minimum atomic E-state index is -0.201. The van der Waals surface area contributed by atoms with E-state index in [1.807, 2.05) is 90.5 Å². The Kier molecular flexibility index (Phi) is 5.59. The maximum atomic E-state index is 6.45. The fourth-order valence-electron chi connectivity index (χ4n) is 4.94. The van der Waals surface area contributed by atoms with Gasteiger partial charge in [0.1, 0.15) is 6.33 Å². The summed E-state index contributed by atoms with van der Waals surface area (Å²) in [4.78, 5) is 15.0. The zero-order chi connectivity index (χ0) is 26.2. The molecule has 6 aromatic rings. The first-order valence-corrected chi connectivity index (χ1v) is 12.6. The molecule has 0 radical (unpaired) electrons. The molecule has 0 saturated carbocycles. The number of rotatable bonds is 6. The van der Waals surface area contributed by atoms with Crippen molar-refractivity contribution in [3.8, 4) is 17.4 Å². The van der Waals surface area contributed by atoms with Crippen LogP contribution in [0.3, 0.4) is 0 Å². The van der Waals surface area contributed by atoms with Crippen molar-refractivity contribution in [1.29, 1.82) is 0 Å². The number of hydrogen-bond acceptors (Lipinski definition) is 7. The zero-order valence-electron chi connectivity index (χ0n) is 21.0. The molecule has 0 bridgehead atoms. The largest absolute Gasteiger partial charge is 0.420 e. The SMILES string of the molecule is Cc1nn(-c2ccccc2)c2c1[C@@H](c1ccccc1)c1c(ncn3nc(CO/N=C\c4ccccc4)nc13)O2. The number of nitrogens with zero attached hydrogens (tertiary/aromatic N) is 7. The van der Waals surface area contributed by atoms with Crippen molar-refractivity contribution in [2.45, 2.75) is 19.4 Å². The van der Waals surface area contributed by atoms with Gasteiger partial charge in [-0.25, -0.2) is 19.2 Å². The molecule has 0 unspecified atom stereocenters. The van der Waals surface area contributed by atoms with Gasteiger partial charge in [0.15, 0.2) is 18.1 Å². The summed E-state index contributed by atoms with van der Waals surface area (Å²) in [6, 6.07) is 30.0. The number of oxime groups is 1. The zero-order valence-corrected chi connectivity index (χ0v) is 21.0. The van der Waals surface area contributed by atoms with E-state index in [2.05, 4.69) is 27.4 Å². The molecule has 9 heteroatoms. The van der Waals surface area contributed by atoms with Gasteiger partial charge in [-0.05, 0) is 30.2 Å². The van der Waals surface area contributed by atoms with Crippen molar-refractivity contribution >= 4 is 11.9 Å². The van der Waals surface area contributed by atoms with Crippen LogP contribution in [0.1, 0.15) is 39.7 Å². The summed E-state index contributed by atoms with van der Waals surface area (Å²) in [6.45, 7) is 2.12. The molecule has 190 valence electrons. The minimum Gasteiger partial charge on any atom is -0.420 e. The quantitative estimate of drug-likeness (QED) is 0.217. The van der Waals surface area contributed by atoms with Crippen LogP contribution in [-0.2, 0) is 11.4 Å². The van der Waals surface area contributed by atoms with Gasteiger partial charge in [-0.1, -0.05) is 84.0 Å². The highest BCUT2D eigenvalue weighted by molar-refractivity contribution is 5.78. The molecule has 0 aliphatic carbocycles. The van der Waals surface area contributed by atoms with Gasteiger partial charge in [-0.2, -0.15) is 5.10 Å². The normalized spacial score (nSPS) is 14.2. The molecule has 0 N–H and O–H groups in total. The van der Waals surface area contributed by atoms with Crippen molar-refractivity contribution in [3.63, 3.8) is 0 Å². The van der Waals surface area contributed by atoms with Crippen molar-refractivity contribution in [2.24, 2.45) is 5.16 Å². The maximum Gasteiger partial charge on any atom is 0.230 e. The number of aromatic nitrogens is 6. The lowest BCUT2D eigenvalue weighted by Crippen LogP contribution is -2.16. The molecule has 0 saturated heterocycles. The molecule has 3 aromatic heterocycles. The second kappa shape index (κ2) is 9.53. The van der Waals surface area contributed by atoms with Gasteiger partial charge >= 0.3 is 0 Å². The molecule has 1 atom stereocenters. The van der Waals surface area contributed by atoms with Crippen molar-refractivity contribution in [3.05, 3.63) is 131 Å². The van der Waals surface area contributed by atoms with Crippen molar-refractivity contribution < 1.29 is 9.57 Å². The lowest BCUT2D eigenvalue weighted by Gasteiger charge is -2.26. The highest BCUT2D eigenvalue weighted by atomic mass is 16.6. The summed E-state index contributed by atoms with van der Waals surface area (Å²) < 4.78 is 9.96. The summed E-state index contributed by atoms with van der Waals surface area (Å²) >= 11 is 0. The molecule has 4 heterocycles. The summed E-state index contributed by atoms with van der Waals surface area (Å²) in [5, 5.41) is 13.5. The summed E-state index contributed by atoms with van der Waals surface area (Å²) in [7, 11) is 0. The van der Waals surface area contributed by atoms with Gasteiger partial charge in [-0.3, -0.25) is 0 Å². The Hall–Kier alpha value is -5.31. The lowest BCUT2D eigenvalue weighted by atomic mass is 9.84. The maximum absolute atomic E-state index is 6.45. The Morgan fingerprint density at radius 3 is 2.38 bits per heavy atom. The molecular weight excluding hydrogens is 490 g/mol. The fourth-order valence-corrected chi connectivity index (χ4v) is 4.94. The van der Waals surface area contributed by atoms with Gasteiger partial charge < -0.3 is 9.57 Å². The second-order valence-corrected chi connectivity index (χ2v) is 9.18. The van der Waals surface area contributed by atoms with Crippen LogP contribution < -0.4 is 4.74 Å². The lowest BCUT2D eigenvalue weighted by molar-refractivity contribution is 0.126. The van der Waals surface area contributed by atoms with Gasteiger partial charge in [0.25, 0.3) is 0 Å². The molecule has 0 spiro atoms. The average molecular weight is 514 g/mol. The average Bonchev–Trinajstić information content (AvgIpc) is 3.56. The minimum absolute atomic E-state index is 0.118. The molecule has 1 aliphatic heterocycles. The molecule has 1 aliphatic rings. The molecule has 7 rings (SSSR count). The van der Waals surface area contributed by atoms with E-state index in [9.17, 15) is 0 Å². The van der Waals surface area contributed by atoms with Crippen LogP contribution in [0, 0.1) is 6.92 Å². The van der Waals surface area contributed by atoms with E-state index in [1.165, 1.54) is 0 Å². The summed E-state index contributed by atoms with van der Waals surface area (Å²) in [6.07, 6.45) is 3.27. The Labute approximate surface area is 224 Å². The number of aryl methyl sites for hydroxylation is 1. The Balaban J connectivity index is 1.31. The number of para-hydroxylation sites is 1.